The van der Waals surface area contributed by atoms with Crippen LogP contribution in [0.4, 0.5) is 11.4 Å². The van der Waals surface area contributed by atoms with Crippen molar-refractivity contribution in [2.75, 3.05) is 11.9 Å². The van der Waals surface area contributed by atoms with Gasteiger partial charge in [0.1, 0.15) is 0 Å². The van der Waals surface area contributed by atoms with Gasteiger partial charge in [-0.25, -0.2) is 0 Å². The quantitative estimate of drug-likeness (QED) is 0.655. The molecular formula is C14H19N3O3. The van der Waals surface area contributed by atoms with Crippen LogP contribution >= 0.6 is 0 Å². The lowest BCUT2D eigenvalue weighted by molar-refractivity contribution is -0.385. The first kappa shape index (κ1) is 14.5. The predicted octanol–water partition coefficient (Wildman–Crippen LogP) is 2.23. The van der Waals surface area contributed by atoms with Crippen molar-refractivity contribution in [2.45, 2.75) is 32.7 Å². The Bertz CT molecular complexity index is 530. The second kappa shape index (κ2) is 6.00. The lowest BCUT2D eigenvalue weighted by Gasteiger charge is -2.29. The van der Waals surface area contributed by atoms with E-state index in [0.29, 0.717) is 11.3 Å². The summed E-state index contributed by atoms with van der Waals surface area (Å²) >= 11 is 0. The lowest BCUT2D eigenvalue weighted by Crippen LogP contribution is -2.48. The molecule has 0 bridgehead atoms. The van der Waals surface area contributed by atoms with Crippen LogP contribution in [0.3, 0.4) is 0 Å². The van der Waals surface area contributed by atoms with Crippen LogP contribution in [0.15, 0.2) is 18.2 Å². The number of anilines is 1. The molecule has 0 spiro atoms. The topological polar surface area (TPSA) is 84.3 Å². The standard InChI is InChI=1S/C14H19N3O3/c1-9-5-4-8-15-13(9)14(18)16-11-6-3-7-12(10(11)2)17(19)20/h3,6-7,9,13,15H,4-5,8H2,1-2H3,(H,16,18). The second-order valence-corrected chi connectivity index (χ2v) is 5.25. The summed E-state index contributed by atoms with van der Waals surface area (Å²) in [6.45, 7) is 4.51. The van der Waals surface area contributed by atoms with Gasteiger partial charge in [0.15, 0.2) is 0 Å². The molecule has 108 valence electrons. The minimum Gasteiger partial charge on any atom is -0.324 e. The van der Waals surface area contributed by atoms with Gasteiger partial charge in [0, 0.05) is 6.07 Å². The van der Waals surface area contributed by atoms with Gasteiger partial charge < -0.3 is 10.6 Å². The number of rotatable bonds is 3. The molecule has 2 atom stereocenters. The Balaban J connectivity index is 2.15. The maximum absolute atomic E-state index is 12.3. The van der Waals surface area contributed by atoms with E-state index < -0.39 is 4.92 Å². The third-order valence-corrected chi connectivity index (χ3v) is 3.81. The number of hydrogen-bond donors (Lipinski definition) is 2. The molecule has 1 fully saturated rings. The molecule has 0 aromatic heterocycles. The molecular weight excluding hydrogens is 258 g/mol. The number of nitrogens with zero attached hydrogens (tertiary/aromatic N) is 1. The molecule has 1 amide bonds. The van der Waals surface area contributed by atoms with Crippen LogP contribution in [0.5, 0.6) is 0 Å². The highest BCUT2D eigenvalue weighted by Crippen LogP contribution is 2.26. The molecule has 0 saturated carbocycles. The molecule has 1 heterocycles. The Hall–Kier alpha value is -1.95. The van der Waals surface area contributed by atoms with Crippen molar-refractivity contribution in [3.63, 3.8) is 0 Å². The molecule has 1 aliphatic heterocycles. The van der Waals surface area contributed by atoms with Gasteiger partial charge in [-0.15, -0.1) is 0 Å². The summed E-state index contributed by atoms with van der Waals surface area (Å²) in [5.41, 5.74) is 1.01. The summed E-state index contributed by atoms with van der Waals surface area (Å²) in [5.74, 6) is 0.142. The van der Waals surface area contributed by atoms with Crippen LogP contribution < -0.4 is 10.6 Å². The molecule has 1 saturated heterocycles. The number of carbonyl (C=O) groups excluding carboxylic acids is 1. The number of hydrogen-bond acceptors (Lipinski definition) is 4. The smallest absolute Gasteiger partial charge is 0.274 e. The molecule has 6 heteroatoms. The number of nitro benzene ring substituents is 1. The number of amides is 1. The van der Waals surface area contributed by atoms with Gasteiger partial charge in [0.2, 0.25) is 5.91 Å². The zero-order chi connectivity index (χ0) is 14.7. The SMILES string of the molecule is Cc1c(NC(=O)C2NCCCC2C)cccc1[N+](=O)[O-]. The minimum atomic E-state index is -0.438. The van der Waals surface area contributed by atoms with E-state index in [2.05, 4.69) is 10.6 Å². The van der Waals surface area contributed by atoms with Crippen LogP contribution in [0.1, 0.15) is 25.3 Å². The zero-order valence-electron chi connectivity index (χ0n) is 11.7. The summed E-state index contributed by atoms with van der Waals surface area (Å²) in [7, 11) is 0. The van der Waals surface area contributed by atoms with E-state index in [1.165, 1.54) is 6.07 Å². The fourth-order valence-electron chi connectivity index (χ4n) is 2.57. The van der Waals surface area contributed by atoms with E-state index >= 15 is 0 Å². The van der Waals surface area contributed by atoms with Crippen LogP contribution in [-0.4, -0.2) is 23.4 Å². The first-order valence-corrected chi connectivity index (χ1v) is 6.79. The summed E-state index contributed by atoms with van der Waals surface area (Å²) in [4.78, 5) is 22.7. The molecule has 1 aromatic carbocycles. The highest BCUT2D eigenvalue weighted by molar-refractivity contribution is 5.96. The summed E-state index contributed by atoms with van der Waals surface area (Å²) < 4.78 is 0. The number of piperidine rings is 1. The van der Waals surface area contributed by atoms with E-state index in [1.54, 1.807) is 19.1 Å². The molecule has 2 N–H and O–H groups in total. The van der Waals surface area contributed by atoms with E-state index in [9.17, 15) is 14.9 Å². The monoisotopic (exact) mass is 277 g/mol. The van der Waals surface area contributed by atoms with Crippen molar-refractivity contribution in [2.24, 2.45) is 5.92 Å². The molecule has 20 heavy (non-hydrogen) atoms. The van der Waals surface area contributed by atoms with Crippen LogP contribution in [0.25, 0.3) is 0 Å². The molecule has 1 aliphatic rings. The maximum atomic E-state index is 12.3. The molecule has 6 nitrogen and oxygen atoms in total. The van der Waals surface area contributed by atoms with E-state index in [1.807, 2.05) is 6.92 Å². The first-order chi connectivity index (χ1) is 9.50. The van der Waals surface area contributed by atoms with Gasteiger partial charge in [-0.05, 0) is 38.3 Å². The van der Waals surface area contributed by atoms with Crippen molar-refractivity contribution in [3.05, 3.63) is 33.9 Å². The largest absolute Gasteiger partial charge is 0.324 e. The average Bonchev–Trinajstić information content (AvgIpc) is 2.41. The highest BCUT2D eigenvalue weighted by atomic mass is 16.6. The van der Waals surface area contributed by atoms with Gasteiger partial charge in [-0.2, -0.15) is 0 Å². The average molecular weight is 277 g/mol. The summed E-state index contributed by atoms with van der Waals surface area (Å²) in [6.07, 6.45) is 2.08. The van der Waals surface area contributed by atoms with Crippen LogP contribution in [0.2, 0.25) is 0 Å². The van der Waals surface area contributed by atoms with Gasteiger partial charge in [0.05, 0.1) is 22.2 Å². The predicted molar refractivity (Wildman–Crippen MR) is 76.7 cm³/mol. The van der Waals surface area contributed by atoms with Crippen LogP contribution in [-0.2, 0) is 4.79 Å². The number of carbonyl (C=O) groups is 1. The Morgan fingerprint density at radius 2 is 2.25 bits per heavy atom. The molecule has 0 radical (unpaired) electrons. The number of nitrogens with one attached hydrogen (secondary N) is 2. The summed E-state index contributed by atoms with van der Waals surface area (Å²) in [5, 5.41) is 16.9. The van der Waals surface area contributed by atoms with E-state index in [0.717, 1.165) is 19.4 Å². The second-order valence-electron chi connectivity index (χ2n) is 5.25. The Morgan fingerprint density at radius 1 is 1.50 bits per heavy atom. The van der Waals surface area contributed by atoms with Crippen molar-refractivity contribution < 1.29 is 9.72 Å². The zero-order valence-corrected chi connectivity index (χ0v) is 11.7. The first-order valence-electron chi connectivity index (χ1n) is 6.79. The van der Waals surface area contributed by atoms with Crippen molar-refractivity contribution in [1.29, 1.82) is 0 Å². The fourth-order valence-corrected chi connectivity index (χ4v) is 2.57. The fraction of sp³-hybridized carbons (Fsp3) is 0.500. The maximum Gasteiger partial charge on any atom is 0.274 e. The Labute approximate surface area is 117 Å². The Kier molecular flexibility index (Phi) is 4.34. The normalized spacial score (nSPS) is 22.3. The molecule has 1 aromatic rings. The van der Waals surface area contributed by atoms with Gasteiger partial charge in [-0.1, -0.05) is 13.0 Å². The number of nitro groups is 1. The highest BCUT2D eigenvalue weighted by Gasteiger charge is 2.28. The third-order valence-electron chi connectivity index (χ3n) is 3.81. The van der Waals surface area contributed by atoms with Gasteiger partial charge in [0.25, 0.3) is 5.69 Å². The van der Waals surface area contributed by atoms with E-state index in [-0.39, 0.29) is 23.6 Å². The molecule has 0 aliphatic carbocycles. The molecule has 2 rings (SSSR count). The van der Waals surface area contributed by atoms with Crippen LogP contribution in [0, 0.1) is 23.0 Å². The lowest BCUT2D eigenvalue weighted by atomic mass is 9.92. The summed E-state index contributed by atoms with van der Waals surface area (Å²) in [6, 6.07) is 4.47. The van der Waals surface area contributed by atoms with Crippen molar-refractivity contribution >= 4 is 17.3 Å². The molecule has 2 unspecified atom stereocenters. The Morgan fingerprint density at radius 3 is 2.90 bits per heavy atom. The van der Waals surface area contributed by atoms with Crippen molar-refractivity contribution in [1.82, 2.24) is 5.32 Å². The van der Waals surface area contributed by atoms with E-state index in [4.69, 9.17) is 0 Å². The van der Waals surface area contributed by atoms with Crippen molar-refractivity contribution in [3.8, 4) is 0 Å². The van der Waals surface area contributed by atoms with Gasteiger partial charge in [-0.3, -0.25) is 14.9 Å². The number of benzene rings is 1. The third kappa shape index (κ3) is 2.96. The minimum absolute atomic E-state index is 0.0208. The van der Waals surface area contributed by atoms with Gasteiger partial charge >= 0.3 is 0 Å².